The fourth-order valence-corrected chi connectivity index (χ4v) is 6.13. The maximum atomic E-state index is 14.5. The monoisotopic (exact) mass is 514 g/mol. The number of benzene rings is 4. The van der Waals surface area contributed by atoms with E-state index in [1.54, 1.807) is 13.2 Å². The minimum absolute atomic E-state index is 0.229. The van der Waals surface area contributed by atoms with Gasteiger partial charge in [-0.25, -0.2) is 4.39 Å². The van der Waals surface area contributed by atoms with E-state index in [4.69, 9.17) is 16.3 Å². The second kappa shape index (κ2) is 9.99. The predicted molar refractivity (Wildman–Crippen MR) is 154 cm³/mol. The third-order valence-electron chi connectivity index (χ3n) is 8.82. The summed E-state index contributed by atoms with van der Waals surface area (Å²) in [6.07, 6.45) is 0. The predicted octanol–water partition coefficient (Wildman–Crippen LogP) is 9.68. The molecule has 0 amide bonds. The summed E-state index contributed by atoms with van der Waals surface area (Å²) in [5.74, 6) is 0.594. The van der Waals surface area contributed by atoms with E-state index < -0.39 is 5.41 Å². The summed E-state index contributed by atoms with van der Waals surface area (Å²) < 4.78 is 19.9. The Kier molecular flexibility index (Phi) is 7.27. The van der Waals surface area contributed by atoms with Crippen molar-refractivity contribution in [3.8, 4) is 16.9 Å². The maximum Gasteiger partial charge on any atom is 0.123 e. The molecular formula is C34H36ClFO. The van der Waals surface area contributed by atoms with Crippen LogP contribution in [0, 0.1) is 12.7 Å². The second-order valence-corrected chi connectivity index (χ2v) is 11.6. The third kappa shape index (κ3) is 4.57. The molecule has 0 aromatic heterocycles. The van der Waals surface area contributed by atoms with E-state index in [0.29, 0.717) is 0 Å². The van der Waals surface area contributed by atoms with Crippen LogP contribution in [0.5, 0.6) is 5.75 Å². The quantitative estimate of drug-likeness (QED) is 0.238. The molecule has 0 fully saturated rings. The van der Waals surface area contributed by atoms with E-state index in [1.165, 1.54) is 22.8 Å². The standard InChI is InChI=1S/C34H36ClFO/c1-23-12-19-27(36)22-30(23)29-10-8-9-11-31(29)33(4,5)34(6,25-15-20-28(37-7)21-16-25)32(2,3)24-13-17-26(35)18-14-24/h8-22H,1-7H3/t34-/m0/s1. The Morgan fingerprint density at radius 3 is 1.89 bits per heavy atom. The van der Waals surface area contributed by atoms with Crippen LogP contribution >= 0.6 is 11.6 Å². The van der Waals surface area contributed by atoms with Gasteiger partial charge in [0, 0.05) is 15.9 Å². The highest BCUT2D eigenvalue weighted by molar-refractivity contribution is 6.30. The van der Waals surface area contributed by atoms with Crippen LogP contribution in [0.25, 0.3) is 11.1 Å². The smallest absolute Gasteiger partial charge is 0.123 e. The molecule has 0 saturated carbocycles. The minimum Gasteiger partial charge on any atom is -0.497 e. The zero-order valence-corrected chi connectivity index (χ0v) is 23.6. The molecule has 0 bridgehead atoms. The lowest BCUT2D eigenvalue weighted by atomic mass is 9.47. The summed E-state index contributed by atoms with van der Waals surface area (Å²) in [5.41, 5.74) is 5.47. The number of hydrogen-bond donors (Lipinski definition) is 0. The Labute approximate surface area is 226 Å². The topological polar surface area (TPSA) is 9.23 Å². The molecule has 0 aliphatic rings. The molecule has 0 N–H and O–H groups in total. The summed E-state index contributed by atoms with van der Waals surface area (Å²) in [7, 11) is 1.69. The van der Waals surface area contributed by atoms with Crippen molar-refractivity contribution in [2.24, 2.45) is 0 Å². The van der Waals surface area contributed by atoms with E-state index in [9.17, 15) is 4.39 Å². The van der Waals surface area contributed by atoms with Gasteiger partial charge in [0.15, 0.2) is 0 Å². The molecule has 1 nitrogen and oxygen atoms in total. The Balaban J connectivity index is 2.02. The van der Waals surface area contributed by atoms with Crippen molar-refractivity contribution in [2.45, 2.75) is 57.8 Å². The van der Waals surface area contributed by atoms with Gasteiger partial charge in [-0.2, -0.15) is 0 Å². The molecule has 4 aromatic carbocycles. The highest BCUT2D eigenvalue weighted by Gasteiger charge is 2.54. The third-order valence-corrected chi connectivity index (χ3v) is 9.08. The highest BCUT2D eigenvalue weighted by Crippen LogP contribution is 2.57. The summed E-state index contributed by atoms with van der Waals surface area (Å²) in [6.45, 7) is 13.6. The first-order chi connectivity index (χ1) is 17.4. The number of rotatable bonds is 7. The van der Waals surface area contributed by atoms with Gasteiger partial charge in [-0.05, 0) is 82.1 Å². The van der Waals surface area contributed by atoms with E-state index >= 15 is 0 Å². The Hall–Kier alpha value is -3.10. The van der Waals surface area contributed by atoms with Crippen LogP contribution in [0.4, 0.5) is 4.39 Å². The maximum absolute atomic E-state index is 14.5. The van der Waals surface area contributed by atoms with Crippen LogP contribution in [0.1, 0.15) is 56.9 Å². The average Bonchev–Trinajstić information content (AvgIpc) is 2.89. The van der Waals surface area contributed by atoms with Crippen molar-refractivity contribution in [1.82, 2.24) is 0 Å². The van der Waals surface area contributed by atoms with Crippen LogP contribution in [0.3, 0.4) is 0 Å². The molecule has 0 saturated heterocycles. The molecule has 0 unspecified atom stereocenters. The number of ether oxygens (including phenoxy) is 1. The van der Waals surface area contributed by atoms with Crippen molar-refractivity contribution >= 4 is 11.6 Å². The van der Waals surface area contributed by atoms with E-state index in [2.05, 4.69) is 77.1 Å². The first-order valence-electron chi connectivity index (χ1n) is 12.7. The first-order valence-corrected chi connectivity index (χ1v) is 13.1. The normalized spacial score (nSPS) is 13.8. The van der Waals surface area contributed by atoms with Crippen LogP contribution < -0.4 is 4.74 Å². The second-order valence-electron chi connectivity index (χ2n) is 11.1. The van der Waals surface area contributed by atoms with Crippen molar-refractivity contribution in [1.29, 1.82) is 0 Å². The van der Waals surface area contributed by atoms with E-state index in [-0.39, 0.29) is 16.6 Å². The molecule has 4 aromatic rings. The summed E-state index contributed by atoms with van der Waals surface area (Å²) in [4.78, 5) is 0. The van der Waals surface area contributed by atoms with Crippen molar-refractivity contribution in [2.75, 3.05) is 7.11 Å². The molecule has 4 rings (SSSR count). The van der Waals surface area contributed by atoms with Gasteiger partial charge in [0.1, 0.15) is 11.6 Å². The number of hydrogen-bond acceptors (Lipinski definition) is 1. The van der Waals surface area contributed by atoms with E-state index in [1.807, 2.05) is 43.3 Å². The number of methoxy groups -OCH3 is 1. The Morgan fingerprint density at radius 2 is 1.27 bits per heavy atom. The van der Waals surface area contributed by atoms with Gasteiger partial charge in [-0.1, -0.05) is 101 Å². The summed E-state index contributed by atoms with van der Waals surface area (Å²) >= 11 is 6.28. The van der Waals surface area contributed by atoms with Gasteiger partial charge in [0.05, 0.1) is 7.11 Å². The van der Waals surface area contributed by atoms with Gasteiger partial charge in [-0.3, -0.25) is 0 Å². The van der Waals surface area contributed by atoms with Crippen molar-refractivity contribution in [3.63, 3.8) is 0 Å². The van der Waals surface area contributed by atoms with E-state index in [0.717, 1.165) is 27.5 Å². The van der Waals surface area contributed by atoms with Gasteiger partial charge in [0.25, 0.3) is 0 Å². The molecule has 192 valence electrons. The van der Waals surface area contributed by atoms with Crippen LogP contribution in [-0.2, 0) is 16.2 Å². The molecule has 0 spiro atoms. The van der Waals surface area contributed by atoms with Gasteiger partial charge in [0.2, 0.25) is 0 Å². The van der Waals surface area contributed by atoms with Crippen LogP contribution in [0.2, 0.25) is 5.02 Å². The fourth-order valence-electron chi connectivity index (χ4n) is 6.00. The lowest BCUT2D eigenvalue weighted by molar-refractivity contribution is 0.162. The fraction of sp³-hybridized carbons (Fsp3) is 0.294. The minimum atomic E-state index is -0.405. The lowest BCUT2D eigenvalue weighted by Gasteiger charge is -2.56. The Bertz CT molecular complexity index is 1390. The van der Waals surface area contributed by atoms with Gasteiger partial charge < -0.3 is 4.74 Å². The Morgan fingerprint density at radius 1 is 0.676 bits per heavy atom. The SMILES string of the molecule is COc1ccc([C@@](C)(C(C)(C)c2ccc(Cl)cc2)C(C)(C)c2ccccc2-c2cc(F)ccc2C)cc1. The molecule has 37 heavy (non-hydrogen) atoms. The highest BCUT2D eigenvalue weighted by atomic mass is 35.5. The lowest BCUT2D eigenvalue weighted by Crippen LogP contribution is -2.55. The largest absolute Gasteiger partial charge is 0.497 e. The summed E-state index contributed by atoms with van der Waals surface area (Å²) in [5, 5.41) is 0.719. The van der Waals surface area contributed by atoms with Gasteiger partial charge >= 0.3 is 0 Å². The molecular weight excluding hydrogens is 479 g/mol. The van der Waals surface area contributed by atoms with Crippen molar-refractivity contribution in [3.05, 3.63) is 124 Å². The van der Waals surface area contributed by atoms with Crippen LogP contribution in [-0.4, -0.2) is 7.11 Å². The average molecular weight is 515 g/mol. The molecule has 1 atom stereocenters. The zero-order valence-electron chi connectivity index (χ0n) is 22.8. The molecule has 3 heteroatoms. The van der Waals surface area contributed by atoms with Crippen molar-refractivity contribution < 1.29 is 9.13 Å². The van der Waals surface area contributed by atoms with Gasteiger partial charge in [-0.15, -0.1) is 0 Å². The molecule has 0 aliphatic carbocycles. The van der Waals surface area contributed by atoms with Crippen LogP contribution in [0.15, 0.2) is 91.0 Å². The first kappa shape index (κ1) is 26.9. The zero-order chi connectivity index (χ0) is 27.0. The molecule has 0 aliphatic heterocycles. The molecule has 0 radical (unpaired) electrons. The summed E-state index contributed by atoms with van der Waals surface area (Å²) in [6, 6.07) is 30.1. The number of aryl methyl sites for hydroxylation is 1. The molecule has 0 heterocycles. The number of halogens is 2.